The molecule has 0 aliphatic rings. The molecular weight excluding hydrogens is 660 g/mol. The van der Waals surface area contributed by atoms with Crippen LogP contribution in [0.4, 0.5) is 17.2 Å². The topological polar surface area (TPSA) is 191 Å². The third kappa shape index (κ3) is 9.11. The summed E-state index contributed by atoms with van der Waals surface area (Å²) >= 11 is 5.66. The molecule has 3 heterocycles. The Kier molecular flexibility index (Phi) is 11.8. The smallest absolute Gasteiger partial charge is 0.272 e. The highest BCUT2D eigenvalue weighted by molar-refractivity contribution is 7.85. The molecule has 0 radical (unpaired) electrons. The van der Waals surface area contributed by atoms with Crippen LogP contribution >= 0.6 is 11.6 Å². The van der Waals surface area contributed by atoms with Gasteiger partial charge in [-0.25, -0.2) is 0 Å². The van der Waals surface area contributed by atoms with Gasteiger partial charge >= 0.3 is 0 Å². The van der Waals surface area contributed by atoms with Crippen molar-refractivity contribution in [3.8, 4) is 0 Å². The molecule has 16 heteroatoms. The van der Waals surface area contributed by atoms with Gasteiger partial charge in [-0.3, -0.25) is 28.2 Å². The molecule has 6 N–H and O–H groups in total. The number of carbonyl (C=O) groups excluding carboxylic acids is 5. The Labute approximate surface area is 283 Å². The fourth-order valence-corrected chi connectivity index (χ4v) is 5.86. The number of hydrogen-bond acceptors (Lipinski definition) is 6. The van der Waals surface area contributed by atoms with Crippen LogP contribution in [0.15, 0.2) is 71.9 Å². The molecule has 1 aromatic carbocycles. The van der Waals surface area contributed by atoms with E-state index in [1.807, 2.05) is 0 Å². The summed E-state index contributed by atoms with van der Waals surface area (Å²) < 4.78 is 16.7. The zero-order valence-electron chi connectivity index (χ0n) is 26.4. The van der Waals surface area contributed by atoms with Crippen LogP contribution in [0.25, 0.3) is 6.08 Å². The Morgan fingerprint density at radius 3 is 1.98 bits per heavy atom. The molecule has 252 valence electrons. The molecule has 0 bridgehead atoms. The van der Waals surface area contributed by atoms with E-state index in [-0.39, 0.29) is 30.0 Å². The minimum atomic E-state index is -1.17. The summed E-state index contributed by atoms with van der Waals surface area (Å²) in [4.78, 5) is 62.7. The van der Waals surface area contributed by atoms with Crippen LogP contribution in [0.2, 0.25) is 0 Å². The summed E-state index contributed by atoms with van der Waals surface area (Å²) in [6.07, 6.45) is 6.12. The molecule has 0 aliphatic carbocycles. The van der Waals surface area contributed by atoms with E-state index in [2.05, 4.69) is 21.3 Å². The highest BCUT2D eigenvalue weighted by atomic mass is 35.5. The minimum absolute atomic E-state index is 0.00489. The van der Waals surface area contributed by atoms with Crippen LogP contribution in [0, 0.1) is 0 Å². The summed E-state index contributed by atoms with van der Waals surface area (Å²) in [6, 6.07) is 13.1. The molecule has 4 aromatic rings. The zero-order valence-corrected chi connectivity index (χ0v) is 28.0. The van der Waals surface area contributed by atoms with Gasteiger partial charge in [-0.1, -0.05) is 12.1 Å². The number of amides is 5. The van der Waals surface area contributed by atoms with E-state index in [1.165, 1.54) is 27.3 Å². The summed E-state index contributed by atoms with van der Waals surface area (Å²) in [6.45, 7) is 0.0904. The molecule has 14 nitrogen and oxygen atoms in total. The number of nitrogens with two attached hydrogens (primary N) is 1. The molecule has 0 saturated heterocycles. The maximum atomic E-state index is 13.1. The molecule has 0 fully saturated rings. The Balaban J connectivity index is 1.34. The van der Waals surface area contributed by atoms with Gasteiger partial charge in [-0.2, -0.15) is 0 Å². The Bertz CT molecular complexity index is 1910. The van der Waals surface area contributed by atoms with Crippen LogP contribution < -0.4 is 27.0 Å². The van der Waals surface area contributed by atoms with Gasteiger partial charge in [0.25, 0.3) is 17.7 Å². The molecule has 5 amide bonds. The normalized spacial score (nSPS) is 11.7. The Morgan fingerprint density at radius 2 is 1.40 bits per heavy atom. The van der Waals surface area contributed by atoms with Crippen molar-refractivity contribution >= 4 is 75.2 Å². The lowest BCUT2D eigenvalue weighted by atomic mass is 10.2. The summed E-state index contributed by atoms with van der Waals surface area (Å²) in [5.41, 5.74) is 7.35. The lowest BCUT2D eigenvalue weighted by molar-refractivity contribution is -0.118. The second-order valence-corrected chi connectivity index (χ2v) is 12.6. The molecule has 0 saturated carbocycles. The quantitative estimate of drug-likeness (QED) is 0.0996. The highest BCUT2D eigenvalue weighted by Crippen LogP contribution is 2.20. The van der Waals surface area contributed by atoms with Gasteiger partial charge < -0.3 is 40.7 Å². The third-order valence-corrected chi connectivity index (χ3v) is 8.87. The molecule has 3 aromatic heterocycles. The molecular formula is C32H35ClN8O6S. The molecule has 4 rings (SSSR count). The van der Waals surface area contributed by atoms with Crippen molar-refractivity contribution < 1.29 is 28.2 Å². The second-order valence-electron chi connectivity index (χ2n) is 10.6. The van der Waals surface area contributed by atoms with Crippen LogP contribution in [-0.2, 0) is 41.5 Å². The number of benzene rings is 1. The predicted molar refractivity (Wildman–Crippen MR) is 184 cm³/mol. The highest BCUT2D eigenvalue weighted by Gasteiger charge is 2.19. The lowest BCUT2D eigenvalue weighted by Crippen LogP contribution is -2.29. The van der Waals surface area contributed by atoms with Gasteiger partial charge in [-0.05, 0) is 48.0 Å². The number of halogens is 1. The van der Waals surface area contributed by atoms with E-state index >= 15 is 0 Å². The van der Waals surface area contributed by atoms with Crippen molar-refractivity contribution in [1.82, 2.24) is 19.0 Å². The van der Waals surface area contributed by atoms with Crippen molar-refractivity contribution in [1.29, 1.82) is 0 Å². The van der Waals surface area contributed by atoms with Gasteiger partial charge in [0, 0.05) is 69.1 Å². The summed E-state index contributed by atoms with van der Waals surface area (Å²) in [5.74, 6) is -1.26. The zero-order chi connectivity index (χ0) is 35.0. The van der Waals surface area contributed by atoms with Gasteiger partial charge in [0.1, 0.15) is 22.9 Å². The molecule has 1 atom stereocenters. The number of aryl methyl sites for hydroxylation is 2. The number of nitrogens with zero attached hydrogens (tertiary/aromatic N) is 3. The van der Waals surface area contributed by atoms with E-state index < -0.39 is 40.3 Å². The number of carbonyl (C=O) groups is 5. The first-order valence-corrected chi connectivity index (χ1v) is 16.4. The Morgan fingerprint density at radius 1 is 0.812 bits per heavy atom. The van der Waals surface area contributed by atoms with Gasteiger partial charge in [-0.15, -0.1) is 11.6 Å². The van der Waals surface area contributed by atoms with Crippen molar-refractivity contribution in [3.63, 3.8) is 0 Å². The fourth-order valence-electron chi connectivity index (χ4n) is 4.62. The molecule has 1 unspecified atom stereocenters. The maximum Gasteiger partial charge on any atom is 0.272 e. The van der Waals surface area contributed by atoms with E-state index in [4.69, 9.17) is 17.3 Å². The first-order valence-electron chi connectivity index (χ1n) is 14.6. The van der Waals surface area contributed by atoms with Crippen molar-refractivity contribution in [2.45, 2.75) is 11.3 Å². The van der Waals surface area contributed by atoms with Gasteiger partial charge in [0.2, 0.25) is 11.8 Å². The number of alkyl halides is 1. The number of primary amides is 1. The summed E-state index contributed by atoms with van der Waals surface area (Å²) in [5, 5.41) is 10.8. The standard InChI is InChI=1S/C32H35ClN8O6S/c1-39-18-21(16-25(39)30(44)35-14-12-27(34)42)37-32(46)26-17-22(19-40(26)2)36-31(45)24-9-10-28(41(24)3)38-29(43)11-6-20-4-7-23(8-5-20)48(47)15-13-33/h4-11,16-19H,12-15H2,1-3H3,(H2,34,42)(H,35,44)(H,36,45)(H,37,46)(H,38,43)/b11-6+. The van der Waals surface area contributed by atoms with Gasteiger partial charge in [0.05, 0.1) is 22.2 Å². The second kappa shape index (κ2) is 15.9. The fraction of sp³-hybridized carbons (Fsp3) is 0.219. The summed E-state index contributed by atoms with van der Waals surface area (Å²) in [7, 11) is 3.74. The van der Waals surface area contributed by atoms with Crippen molar-refractivity contribution in [2.75, 3.05) is 34.1 Å². The predicted octanol–water partition coefficient (Wildman–Crippen LogP) is 2.81. The minimum Gasteiger partial charge on any atom is -0.370 e. The van der Waals surface area contributed by atoms with E-state index in [1.54, 1.807) is 80.6 Å². The largest absolute Gasteiger partial charge is 0.370 e. The monoisotopic (exact) mass is 694 g/mol. The van der Waals surface area contributed by atoms with Crippen LogP contribution in [-0.4, -0.2) is 65.6 Å². The van der Waals surface area contributed by atoms with E-state index in [9.17, 15) is 28.2 Å². The maximum absolute atomic E-state index is 13.1. The Hall–Kier alpha value is -5.41. The van der Waals surface area contributed by atoms with Crippen molar-refractivity contribution in [2.24, 2.45) is 26.9 Å². The number of rotatable bonds is 14. The number of nitrogens with one attached hydrogen (secondary N) is 4. The van der Waals surface area contributed by atoms with Crippen LogP contribution in [0.5, 0.6) is 0 Å². The first-order chi connectivity index (χ1) is 22.9. The van der Waals surface area contributed by atoms with Crippen LogP contribution in [0.1, 0.15) is 43.4 Å². The van der Waals surface area contributed by atoms with Crippen molar-refractivity contribution in [3.05, 3.63) is 89.6 Å². The van der Waals surface area contributed by atoms with Gasteiger partial charge in [0.15, 0.2) is 0 Å². The number of anilines is 3. The number of hydrogen-bond donors (Lipinski definition) is 5. The third-order valence-electron chi connectivity index (χ3n) is 7.09. The lowest BCUT2D eigenvalue weighted by Gasteiger charge is -2.08. The average Bonchev–Trinajstić information content (AvgIpc) is 3.71. The first kappa shape index (κ1) is 35.4. The number of aromatic nitrogens is 3. The molecule has 48 heavy (non-hydrogen) atoms. The average molecular weight is 695 g/mol. The molecule has 0 spiro atoms. The molecule has 0 aliphatic heterocycles. The SMILES string of the molecule is Cn1cc(NC(=O)c2cc(NC(=O)c3ccc(NC(=O)/C=C/c4ccc(S(=O)CCCl)cc4)n3C)cn2C)cc1C(=O)NCCC(N)=O. The van der Waals surface area contributed by atoms with E-state index in [0.717, 1.165) is 5.56 Å². The van der Waals surface area contributed by atoms with E-state index in [0.29, 0.717) is 33.7 Å². The van der Waals surface area contributed by atoms with Crippen LogP contribution in [0.3, 0.4) is 0 Å².